The quantitative estimate of drug-likeness (QED) is 0.457. The number of hydrogen-bond donors (Lipinski definition) is 0. The molecule has 27 heavy (non-hydrogen) atoms. The molecule has 0 fully saturated rings. The van der Waals surface area contributed by atoms with Gasteiger partial charge in [-0.3, -0.25) is 4.57 Å². The highest BCUT2D eigenvalue weighted by molar-refractivity contribution is 7.98. The van der Waals surface area contributed by atoms with Crippen molar-refractivity contribution in [3.05, 3.63) is 89.7 Å². The van der Waals surface area contributed by atoms with Crippen LogP contribution in [-0.2, 0) is 12.3 Å². The van der Waals surface area contributed by atoms with Gasteiger partial charge in [-0.1, -0.05) is 60.3 Å². The molecule has 0 saturated carbocycles. The Morgan fingerprint density at radius 3 is 2.56 bits per heavy atom. The summed E-state index contributed by atoms with van der Waals surface area (Å²) >= 11 is 1.56. The second-order valence-electron chi connectivity index (χ2n) is 5.91. The number of furan rings is 1. The smallest absolute Gasteiger partial charge is 0.200 e. The number of hydrogen-bond acceptors (Lipinski definition) is 5. The Labute approximate surface area is 161 Å². The molecule has 0 aliphatic heterocycles. The third-order valence-corrected chi connectivity index (χ3v) is 5.15. The first kappa shape index (κ1) is 17.1. The highest BCUT2D eigenvalue weighted by Gasteiger charge is 2.17. The molecule has 0 amide bonds. The van der Waals surface area contributed by atoms with Gasteiger partial charge < -0.3 is 4.42 Å². The molecule has 0 aliphatic rings. The van der Waals surface area contributed by atoms with E-state index in [0.717, 1.165) is 16.3 Å². The molecular weight excluding hydrogens is 356 g/mol. The highest BCUT2D eigenvalue weighted by Crippen LogP contribution is 2.28. The van der Waals surface area contributed by atoms with Gasteiger partial charge in [0.05, 0.1) is 24.4 Å². The van der Waals surface area contributed by atoms with Gasteiger partial charge in [-0.2, -0.15) is 5.26 Å². The molecule has 2 aromatic carbocycles. The van der Waals surface area contributed by atoms with Crippen molar-refractivity contribution >= 4 is 11.8 Å². The van der Waals surface area contributed by atoms with E-state index >= 15 is 0 Å². The molecule has 132 valence electrons. The van der Waals surface area contributed by atoms with Crippen LogP contribution in [0.4, 0.5) is 0 Å². The first-order chi connectivity index (χ1) is 13.3. The minimum Gasteiger partial charge on any atom is -0.461 e. The highest BCUT2D eigenvalue weighted by atomic mass is 32.2. The Kier molecular flexibility index (Phi) is 5.04. The van der Waals surface area contributed by atoms with E-state index in [1.165, 1.54) is 0 Å². The van der Waals surface area contributed by atoms with Gasteiger partial charge in [-0.25, -0.2) is 0 Å². The SMILES string of the molecule is N#Cc1ccccc1CSc1nnc(-c2ccco2)n1Cc1ccccc1. The van der Waals surface area contributed by atoms with Gasteiger partial charge in [0.25, 0.3) is 0 Å². The Morgan fingerprint density at radius 1 is 0.963 bits per heavy atom. The Morgan fingerprint density at radius 2 is 1.78 bits per heavy atom. The number of nitriles is 1. The topological polar surface area (TPSA) is 67.6 Å². The van der Waals surface area contributed by atoms with Crippen LogP contribution < -0.4 is 0 Å². The molecule has 2 heterocycles. The summed E-state index contributed by atoms with van der Waals surface area (Å²) in [6.07, 6.45) is 1.63. The van der Waals surface area contributed by atoms with Crippen molar-refractivity contribution in [3.8, 4) is 17.7 Å². The van der Waals surface area contributed by atoms with E-state index in [-0.39, 0.29) is 0 Å². The molecule has 0 bridgehead atoms. The molecule has 0 unspecified atom stereocenters. The van der Waals surface area contributed by atoms with E-state index < -0.39 is 0 Å². The monoisotopic (exact) mass is 372 g/mol. The van der Waals surface area contributed by atoms with Crippen LogP contribution in [0.2, 0.25) is 0 Å². The zero-order valence-electron chi connectivity index (χ0n) is 14.4. The lowest BCUT2D eigenvalue weighted by atomic mass is 10.1. The van der Waals surface area contributed by atoms with Crippen LogP contribution in [0.15, 0.2) is 82.6 Å². The number of nitrogens with zero attached hydrogens (tertiary/aromatic N) is 4. The largest absolute Gasteiger partial charge is 0.461 e. The van der Waals surface area contributed by atoms with Gasteiger partial charge >= 0.3 is 0 Å². The molecule has 2 aromatic heterocycles. The standard InChI is InChI=1S/C21H16N4OS/c22-13-17-9-4-5-10-18(17)15-27-21-24-23-20(19-11-6-12-26-19)25(21)14-16-7-2-1-3-8-16/h1-12H,14-15H2. The van der Waals surface area contributed by atoms with E-state index in [0.29, 0.717) is 29.4 Å². The maximum absolute atomic E-state index is 9.29. The minimum atomic E-state index is 0.645. The fourth-order valence-corrected chi connectivity index (χ4v) is 3.73. The second-order valence-corrected chi connectivity index (χ2v) is 6.86. The van der Waals surface area contributed by atoms with Gasteiger partial charge in [-0.05, 0) is 29.3 Å². The maximum Gasteiger partial charge on any atom is 0.200 e. The van der Waals surface area contributed by atoms with Gasteiger partial charge in [0.15, 0.2) is 10.9 Å². The number of benzene rings is 2. The van der Waals surface area contributed by atoms with Crippen molar-refractivity contribution in [2.75, 3.05) is 0 Å². The van der Waals surface area contributed by atoms with E-state index in [1.807, 2.05) is 59.2 Å². The van der Waals surface area contributed by atoms with E-state index in [2.05, 4.69) is 28.4 Å². The predicted octanol–water partition coefficient (Wildman–Crippen LogP) is 4.75. The van der Waals surface area contributed by atoms with E-state index in [9.17, 15) is 5.26 Å². The normalized spacial score (nSPS) is 10.6. The summed E-state index contributed by atoms with van der Waals surface area (Å²) in [4.78, 5) is 0. The summed E-state index contributed by atoms with van der Waals surface area (Å²) in [6, 6.07) is 23.8. The first-order valence-corrected chi connectivity index (χ1v) is 9.45. The zero-order valence-corrected chi connectivity index (χ0v) is 15.3. The van der Waals surface area contributed by atoms with Gasteiger partial charge in [-0.15, -0.1) is 10.2 Å². The molecule has 6 heteroatoms. The van der Waals surface area contributed by atoms with Crippen molar-refractivity contribution in [3.63, 3.8) is 0 Å². The van der Waals surface area contributed by atoms with Crippen LogP contribution in [0.25, 0.3) is 11.6 Å². The Bertz CT molecular complexity index is 1070. The van der Waals surface area contributed by atoms with E-state index in [1.54, 1.807) is 18.0 Å². The van der Waals surface area contributed by atoms with Crippen molar-refractivity contribution in [1.29, 1.82) is 5.26 Å². The molecule has 0 saturated heterocycles. The molecule has 0 atom stereocenters. The average molecular weight is 372 g/mol. The third kappa shape index (κ3) is 3.78. The summed E-state index contributed by atoms with van der Waals surface area (Å²) in [7, 11) is 0. The molecule has 4 rings (SSSR count). The summed E-state index contributed by atoms with van der Waals surface area (Å²) < 4.78 is 7.58. The van der Waals surface area contributed by atoms with Crippen molar-refractivity contribution in [2.45, 2.75) is 17.5 Å². The van der Waals surface area contributed by atoms with Crippen LogP contribution >= 0.6 is 11.8 Å². The lowest BCUT2D eigenvalue weighted by Gasteiger charge is -2.10. The zero-order chi connectivity index (χ0) is 18.5. The molecular formula is C21H16N4OS. The number of thioether (sulfide) groups is 1. The predicted molar refractivity (Wildman–Crippen MR) is 104 cm³/mol. The van der Waals surface area contributed by atoms with Gasteiger partial charge in [0, 0.05) is 5.75 Å². The van der Waals surface area contributed by atoms with Crippen LogP contribution in [-0.4, -0.2) is 14.8 Å². The third-order valence-electron chi connectivity index (χ3n) is 4.14. The fraction of sp³-hybridized carbons (Fsp3) is 0.0952. The molecule has 4 aromatic rings. The fourth-order valence-electron chi connectivity index (χ4n) is 2.79. The number of rotatable bonds is 6. The summed E-state index contributed by atoms with van der Waals surface area (Å²) in [5, 5.41) is 18.8. The van der Waals surface area contributed by atoms with Crippen LogP contribution in [0.5, 0.6) is 0 Å². The maximum atomic E-state index is 9.29. The van der Waals surface area contributed by atoms with Crippen LogP contribution in [0.3, 0.4) is 0 Å². The van der Waals surface area contributed by atoms with Gasteiger partial charge in [0.1, 0.15) is 0 Å². The molecule has 0 aliphatic carbocycles. The van der Waals surface area contributed by atoms with Crippen molar-refractivity contribution in [1.82, 2.24) is 14.8 Å². The Balaban J connectivity index is 1.65. The minimum absolute atomic E-state index is 0.645. The van der Waals surface area contributed by atoms with Gasteiger partial charge in [0.2, 0.25) is 5.82 Å². The lowest BCUT2D eigenvalue weighted by Crippen LogP contribution is -2.04. The van der Waals surface area contributed by atoms with Crippen molar-refractivity contribution < 1.29 is 4.42 Å². The summed E-state index contributed by atoms with van der Waals surface area (Å²) in [5.74, 6) is 2.03. The number of aromatic nitrogens is 3. The van der Waals surface area contributed by atoms with Crippen LogP contribution in [0.1, 0.15) is 16.7 Å². The lowest BCUT2D eigenvalue weighted by molar-refractivity contribution is 0.569. The summed E-state index contributed by atoms with van der Waals surface area (Å²) in [6.45, 7) is 0.645. The van der Waals surface area contributed by atoms with Crippen molar-refractivity contribution in [2.24, 2.45) is 0 Å². The second kappa shape index (κ2) is 7.94. The molecule has 0 spiro atoms. The van der Waals surface area contributed by atoms with Crippen LogP contribution in [0, 0.1) is 11.3 Å². The van der Waals surface area contributed by atoms with E-state index in [4.69, 9.17) is 4.42 Å². The molecule has 0 N–H and O–H groups in total. The Hall–Kier alpha value is -3.30. The first-order valence-electron chi connectivity index (χ1n) is 8.47. The average Bonchev–Trinajstić information content (AvgIpc) is 3.37. The molecule has 0 radical (unpaired) electrons. The summed E-state index contributed by atoms with van der Waals surface area (Å²) in [5.41, 5.74) is 2.83. The molecule has 5 nitrogen and oxygen atoms in total.